The highest BCUT2D eigenvalue weighted by Gasteiger charge is 2.22. The van der Waals surface area contributed by atoms with Crippen LogP contribution in [-0.2, 0) is 25.1 Å². The van der Waals surface area contributed by atoms with Crippen LogP contribution in [0.25, 0.3) is 15.9 Å². The molecule has 0 spiro atoms. The largest absolute Gasteiger partial charge is 0.362 e. The number of nitrogens with one attached hydrogen (secondary N) is 1. The Morgan fingerprint density at radius 2 is 1.97 bits per heavy atom. The molecule has 6 nitrogen and oxygen atoms in total. The lowest BCUT2D eigenvalue weighted by Gasteiger charge is -2.10. The van der Waals surface area contributed by atoms with Gasteiger partial charge in [0.25, 0.3) is 0 Å². The van der Waals surface area contributed by atoms with Gasteiger partial charge in [-0.25, -0.2) is 9.97 Å². The zero-order valence-corrected chi connectivity index (χ0v) is 19.5. The lowest BCUT2D eigenvalue weighted by atomic mass is 10.2. The molecule has 5 aromatic rings. The van der Waals surface area contributed by atoms with E-state index in [1.807, 2.05) is 64.4 Å². The second-order valence-corrected chi connectivity index (χ2v) is 10.2. The van der Waals surface area contributed by atoms with Crippen molar-refractivity contribution in [2.24, 2.45) is 0 Å². The Hall–Kier alpha value is -2.68. The highest BCUT2D eigenvalue weighted by molar-refractivity contribution is 7.98. The number of nitrogens with zero attached hydrogens (tertiary/aromatic N) is 5. The van der Waals surface area contributed by atoms with Crippen LogP contribution in [0.5, 0.6) is 0 Å². The summed E-state index contributed by atoms with van der Waals surface area (Å²) in [5, 5.41) is 14.1. The number of thiophene rings is 1. The molecule has 32 heavy (non-hydrogen) atoms. The molecule has 160 valence electrons. The van der Waals surface area contributed by atoms with E-state index in [9.17, 15) is 0 Å². The molecule has 1 aliphatic rings. The van der Waals surface area contributed by atoms with Gasteiger partial charge in [0.15, 0.2) is 11.5 Å². The van der Waals surface area contributed by atoms with Gasteiger partial charge in [-0.2, -0.15) is 0 Å². The van der Waals surface area contributed by atoms with Crippen molar-refractivity contribution in [3.8, 4) is 0 Å². The zero-order valence-electron chi connectivity index (χ0n) is 17.1. The van der Waals surface area contributed by atoms with Crippen LogP contribution in [0.4, 0.5) is 5.82 Å². The number of pyridine rings is 1. The van der Waals surface area contributed by atoms with Crippen LogP contribution in [0.3, 0.4) is 0 Å². The van der Waals surface area contributed by atoms with Crippen LogP contribution in [0, 0.1) is 0 Å². The topological polar surface area (TPSA) is 68.0 Å². The first-order chi connectivity index (χ1) is 15.7. The highest BCUT2D eigenvalue weighted by atomic mass is 35.5. The maximum atomic E-state index is 6.01. The first-order valence-corrected chi connectivity index (χ1v) is 12.6. The molecule has 0 aliphatic heterocycles. The van der Waals surface area contributed by atoms with E-state index in [2.05, 4.69) is 15.5 Å². The molecule has 1 aromatic carbocycles. The van der Waals surface area contributed by atoms with Gasteiger partial charge in [0.1, 0.15) is 16.5 Å². The van der Waals surface area contributed by atoms with Crippen LogP contribution in [0.1, 0.15) is 28.5 Å². The predicted octanol–water partition coefficient (Wildman–Crippen LogP) is 5.78. The molecule has 0 atom stereocenters. The summed E-state index contributed by atoms with van der Waals surface area (Å²) in [7, 11) is 0. The van der Waals surface area contributed by atoms with Crippen LogP contribution < -0.4 is 5.32 Å². The van der Waals surface area contributed by atoms with Crippen molar-refractivity contribution in [1.29, 1.82) is 0 Å². The molecule has 4 heterocycles. The third-order valence-electron chi connectivity index (χ3n) is 5.59. The Balaban J connectivity index is 1.32. The van der Waals surface area contributed by atoms with E-state index in [0.29, 0.717) is 12.3 Å². The first kappa shape index (κ1) is 20.0. The molecule has 0 unspecified atom stereocenters. The second kappa shape index (κ2) is 8.35. The molecule has 9 heteroatoms. The molecule has 0 fully saturated rings. The van der Waals surface area contributed by atoms with Crippen molar-refractivity contribution < 1.29 is 0 Å². The number of hydrogen-bond acceptors (Lipinski definition) is 7. The van der Waals surface area contributed by atoms with Gasteiger partial charge in [0.05, 0.1) is 17.7 Å². The molecular formula is C23H19ClN6S2. The fourth-order valence-corrected chi connectivity index (χ4v) is 6.24. The van der Waals surface area contributed by atoms with Crippen molar-refractivity contribution in [2.75, 3.05) is 5.32 Å². The monoisotopic (exact) mass is 478 g/mol. The Labute approximate surface area is 198 Å². The minimum absolute atomic E-state index is 0.547. The lowest BCUT2D eigenvalue weighted by Crippen LogP contribution is -2.08. The first-order valence-electron chi connectivity index (χ1n) is 10.5. The molecule has 0 bridgehead atoms. The summed E-state index contributed by atoms with van der Waals surface area (Å²) in [6.07, 6.45) is 5.43. The summed E-state index contributed by atoms with van der Waals surface area (Å²) in [6.45, 7) is 0.547. The number of rotatable bonds is 6. The fourth-order valence-electron chi connectivity index (χ4n) is 4.09. The SMILES string of the molecule is Clc1ccc(SCc2nc(NCc3nnc4ccccn34)c3c4c(sc3n2)CCC4)cc1. The maximum absolute atomic E-state index is 6.01. The van der Waals surface area contributed by atoms with Crippen molar-refractivity contribution in [1.82, 2.24) is 24.6 Å². The molecule has 4 aromatic heterocycles. The predicted molar refractivity (Wildman–Crippen MR) is 131 cm³/mol. The average Bonchev–Trinajstić information content (AvgIpc) is 3.51. The maximum Gasteiger partial charge on any atom is 0.160 e. The van der Waals surface area contributed by atoms with Crippen LogP contribution in [0.15, 0.2) is 53.6 Å². The van der Waals surface area contributed by atoms with E-state index in [1.165, 1.54) is 22.2 Å². The molecule has 0 saturated heterocycles. The summed E-state index contributed by atoms with van der Waals surface area (Å²) in [4.78, 5) is 13.5. The normalized spacial score (nSPS) is 13.2. The molecule has 0 radical (unpaired) electrons. The van der Waals surface area contributed by atoms with Gasteiger partial charge in [0.2, 0.25) is 0 Å². The number of aryl methyl sites for hydroxylation is 2. The molecule has 0 amide bonds. The highest BCUT2D eigenvalue weighted by Crippen LogP contribution is 2.40. The summed E-state index contributed by atoms with van der Waals surface area (Å²) in [5.74, 6) is 3.28. The summed E-state index contributed by atoms with van der Waals surface area (Å²) >= 11 is 9.54. The Morgan fingerprint density at radius 1 is 1.06 bits per heavy atom. The number of anilines is 1. The van der Waals surface area contributed by atoms with Gasteiger partial charge in [0, 0.05) is 21.0 Å². The standard InChI is InChI=1S/C23H19ClN6S2/c24-14-7-9-15(10-8-14)31-13-18-26-22(21-16-4-3-5-17(16)32-23(21)27-18)25-12-20-29-28-19-6-1-2-11-30(19)20/h1-2,6-11H,3-5,12-13H2,(H,25,26,27). The number of hydrogen-bond donors (Lipinski definition) is 1. The third kappa shape index (κ3) is 3.72. The zero-order chi connectivity index (χ0) is 21.5. The quantitative estimate of drug-likeness (QED) is 0.312. The molecule has 6 rings (SSSR count). The van der Waals surface area contributed by atoms with Gasteiger partial charge >= 0.3 is 0 Å². The number of benzene rings is 1. The van der Waals surface area contributed by atoms with Crippen LogP contribution in [-0.4, -0.2) is 24.6 Å². The van der Waals surface area contributed by atoms with Gasteiger partial charge in [-0.3, -0.25) is 4.40 Å². The van der Waals surface area contributed by atoms with E-state index in [1.54, 1.807) is 11.8 Å². The van der Waals surface area contributed by atoms with Crippen molar-refractivity contribution in [3.63, 3.8) is 0 Å². The van der Waals surface area contributed by atoms with Gasteiger partial charge in [-0.05, 0) is 61.2 Å². The van der Waals surface area contributed by atoms with Crippen molar-refractivity contribution in [2.45, 2.75) is 36.5 Å². The summed E-state index contributed by atoms with van der Waals surface area (Å²) in [6, 6.07) is 13.8. The van der Waals surface area contributed by atoms with Gasteiger partial charge < -0.3 is 5.32 Å². The Kier molecular flexibility index (Phi) is 5.21. The number of fused-ring (bicyclic) bond motifs is 4. The van der Waals surface area contributed by atoms with E-state index >= 15 is 0 Å². The third-order valence-corrected chi connectivity index (χ3v) is 8.04. The number of thioether (sulfide) groups is 1. The Morgan fingerprint density at radius 3 is 2.88 bits per heavy atom. The van der Waals surface area contributed by atoms with E-state index in [0.717, 1.165) is 50.7 Å². The average molecular weight is 479 g/mol. The van der Waals surface area contributed by atoms with Crippen molar-refractivity contribution >= 4 is 56.4 Å². The molecular weight excluding hydrogens is 460 g/mol. The number of aromatic nitrogens is 5. The van der Waals surface area contributed by atoms with E-state index in [4.69, 9.17) is 21.6 Å². The smallest absolute Gasteiger partial charge is 0.160 e. The van der Waals surface area contributed by atoms with E-state index in [-0.39, 0.29) is 0 Å². The lowest BCUT2D eigenvalue weighted by molar-refractivity contribution is 0.906. The van der Waals surface area contributed by atoms with Gasteiger partial charge in [-0.1, -0.05) is 17.7 Å². The molecule has 0 saturated carbocycles. The minimum Gasteiger partial charge on any atom is -0.362 e. The van der Waals surface area contributed by atoms with Crippen LogP contribution in [0.2, 0.25) is 5.02 Å². The Bertz CT molecular complexity index is 1430. The van der Waals surface area contributed by atoms with Crippen molar-refractivity contribution in [3.05, 3.63) is 75.8 Å². The summed E-state index contributed by atoms with van der Waals surface area (Å²) < 4.78 is 2.00. The van der Waals surface area contributed by atoms with Crippen LogP contribution >= 0.6 is 34.7 Å². The minimum atomic E-state index is 0.547. The fraction of sp³-hybridized carbons (Fsp3) is 0.217. The van der Waals surface area contributed by atoms with E-state index < -0.39 is 0 Å². The molecule has 1 N–H and O–H groups in total. The summed E-state index contributed by atoms with van der Waals surface area (Å²) in [5.41, 5.74) is 2.25. The number of halogens is 1. The molecule has 1 aliphatic carbocycles. The van der Waals surface area contributed by atoms with Gasteiger partial charge in [-0.15, -0.1) is 33.3 Å². The second-order valence-electron chi connectivity index (χ2n) is 7.67.